The predicted molar refractivity (Wildman–Crippen MR) is 35.3 cm³/mol. The van der Waals surface area contributed by atoms with Crippen molar-refractivity contribution in [2.24, 2.45) is 10.1 Å². The summed E-state index contributed by atoms with van der Waals surface area (Å²) in [5, 5.41) is 3.47. The van der Waals surface area contributed by atoms with Gasteiger partial charge in [0.15, 0.2) is 6.34 Å². The van der Waals surface area contributed by atoms with Crippen LogP contribution in [0.3, 0.4) is 0 Å². The molecule has 0 bridgehead atoms. The Morgan fingerprint density at radius 2 is 2.40 bits per heavy atom. The van der Waals surface area contributed by atoms with Gasteiger partial charge >= 0.3 is 0 Å². The first-order chi connectivity index (χ1) is 4.97. The molecule has 4 nitrogen and oxygen atoms in total. The van der Waals surface area contributed by atoms with Gasteiger partial charge in [0.25, 0.3) is 0 Å². The first-order valence-corrected chi connectivity index (χ1v) is 2.76. The predicted octanol–water partition coefficient (Wildman–Crippen LogP) is 0.786. The Labute approximate surface area is 57.1 Å². The third-order valence-electron chi connectivity index (χ3n) is 1.13. The first-order valence-electron chi connectivity index (χ1n) is 2.76. The fourth-order valence-electron chi connectivity index (χ4n) is 0.688. The van der Waals surface area contributed by atoms with E-state index in [0.29, 0.717) is 5.76 Å². The van der Waals surface area contributed by atoms with Crippen molar-refractivity contribution in [1.29, 1.82) is 0 Å². The molecule has 0 aromatic rings. The van der Waals surface area contributed by atoms with Crippen LogP contribution >= 0.6 is 0 Å². The van der Waals surface area contributed by atoms with Gasteiger partial charge in [-0.2, -0.15) is 0 Å². The molecular formula is C6H4N2O2. The Balaban J connectivity index is 2.39. The zero-order valence-corrected chi connectivity index (χ0v) is 5.02. The summed E-state index contributed by atoms with van der Waals surface area (Å²) >= 11 is 0. The Morgan fingerprint density at radius 1 is 1.40 bits per heavy atom. The second kappa shape index (κ2) is 1.98. The number of hydrogen-bond donors (Lipinski definition) is 0. The highest BCUT2D eigenvalue weighted by Crippen LogP contribution is 2.10. The molecule has 0 saturated heterocycles. The zero-order chi connectivity index (χ0) is 6.81. The minimum absolute atomic E-state index is 0.546. The summed E-state index contributed by atoms with van der Waals surface area (Å²) in [4.78, 5) is 8.72. The van der Waals surface area contributed by atoms with Crippen LogP contribution in [0.25, 0.3) is 0 Å². The normalized spacial score (nSPS) is 20.0. The van der Waals surface area contributed by atoms with Crippen molar-refractivity contribution in [2.75, 3.05) is 0 Å². The van der Waals surface area contributed by atoms with E-state index in [1.54, 1.807) is 6.08 Å². The van der Waals surface area contributed by atoms with Crippen LogP contribution in [0, 0.1) is 0 Å². The minimum Gasteiger partial charge on any atom is -0.468 e. The molecule has 10 heavy (non-hydrogen) atoms. The monoisotopic (exact) mass is 136 g/mol. The van der Waals surface area contributed by atoms with Crippen molar-refractivity contribution in [3.05, 3.63) is 24.4 Å². The number of oxime groups is 1. The molecule has 0 fully saturated rings. The van der Waals surface area contributed by atoms with E-state index in [-0.39, 0.29) is 0 Å². The van der Waals surface area contributed by atoms with E-state index in [0.717, 1.165) is 5.71 Å². The van der Waals surface area contributed by atoms with Crippen LogP contribution in [0.4, 0.5) is 0 Å². The lowest BCUT2D eigenvalue weighted by atomic mass is 10.3. The van der Waals surface area contributed by atoms with E-state index in [1.165, 1.54) is 18.9 Å². The lowest BCUT2D eigenvalue weighted by Crippen LogP contribution is -2.08. The number of rotatable bonds is 0. The van der Waals surface area contributed by atoms with Gasteiger partial charge in [0, 0.05) is 6.08 Å². The summed E-state index contributed by atoms with van der Waals surface area (Å²) in [6, 6.07) is 0. The highest BCUT2D eigenvalue weighted by molar-refractivity contribution is 6.10. The SMILES string of the molecule is C1=CC2=NC=NOC2=CO1. The lowest BCUT2D eigenvalue weighted by molar-refractivity contribution is 0.227. The van der Waals surface area contributed by atoms with Crippen molar-refractivity contribution in [1.82, 2.24) is 0 Å². The number of allylic oxidation sites excluding steroid dienone is 1. The van der Waals surface area contributed by atoms with Gasteiger partial charge in [0.2, 0.25) is 5.76 Å². The Kier molecular flexibility index (Phi) is 1.04. The lowest BCUT2D eigenvalue weighted by Gasteiger charge is -2.09. The average molecular weight is 136 g/mol. The summed E-state index contributed by atoms with van der Waals surface area (Å²) in [5.74, 6) is 0.546. The third kappa shape index (κ3) is 0.699. The minimum atomic E-state index is 0.546. The number of aliphatic imine (C=N–C) groups is 1. The van der Waals surface area contributed by atoms with Gasteiger partial charge in [0.05, 0.1) is 6.26 Å². The molecule has 0 aliphatic carbocycles. The summed E-state index contributed by atoms with van der Waals surface area (Å²) in [5.41, 5.74) is 0.737. The van der Waals surface area contributed by atoms with E-state index in [2.05, 4.69) is 10.1 Å². The number of hydrogen-bond acceptors (Lipinski definition) is 4. The topological polar surface area (TPSA) is 43.2 Å². The maximum Gasteiger partial charge on any atom is 0.218 e. The summed E-state index contributed by atoms with van der Waals surface area (Å²) in [7, 11) is 0. The van der Waals surface area contributed by atoms with Crippen LogP contribution in [0.1, 0.15) is 0 Å². The maximum absolute atomic E-state index is 4.82. The highest BCUT2D eigenvalue weighted by Gasteiger charge is 2.11. The van der Waals surface area contributed by atoms with Gasteiger partial charge in [-0.1, -0.05) is 5.16 Å². The Hall–Kier alpha value is -1.58. The summed E-state index contributed by atoms with van der Waals surface area (Å²) in [6.45, 7) is 0. The summed E-state index contributed by atoms with van der Waals surface area (Å²) in [6.07, 6.45) is 6.04. The first kappa shape index (κ1) is 5.22. The molecule has 2 rings (SSSR count). The van der Waals surface area contributed by atoms with Crippen LogP contribution in [-0.2, 0) is 9.57 Å². The second-order valence-corrected chi connectivity index (χ2v) is 1.75. The largest absolute Gasteiger partial charge is 0.468 e. The van der Waals surface area contributed by atoms with Crippen LogP contribution in [0.2, 0.25) is 0 Å². The van der Waals surface area contributed by atoms with Gasteiger partial charge in [-0.15, -0.1) is 0 Å². The van der Waals surface area contributed by atoms with E-state index in [1.807, 2.05) is 0 Å². The van der Waals surface area contributed by atoms with Crippen LogP contribution in [0.5, 0.6) is 0 Å². The van der Waals surface area contributed by atoms with Crippen LogP contribution < -0.4 is 0 Å². The molecule has 0 aromatic carbocycles. The molecule has 0 aromatic heterocycles. The number of nitrogens with zero attached hydrogens (tertiary/aromatic N) is 2. The maximum atomic E-state index is 4.82. The van der Waals surface area contributed by atoms with Crippen LogP contribution in [0.15, 0.2) is 34.5 Å². The quantitative estimate of drug-likeness (QED) is 0.494. The summed E-state index contributed by atoms with van der Waals surface area (Å²) < 4.78 is 4.82. The Bertz CT molecular complexity index is 263. The molecule has 2 heterocycles. The molecule has 0 amide bonds. The molecule has 0 saturated carbocycles. The van der Waals surface area contributed by atoms with Crippen molar-refractivity contribution < 1.29 is 9.57 Å². The van der Waals surface area contributed by atoms with E-state index >= 15 is 0 Å². The van der Waals surface area contributed by atoms with Crippen molar-refractivity contribution >= 4 is 12.1 Å². The van der Waals surface area contributed by atoms with Crippen molar-refractivity contribution in [2.45, 2.75) is 0 Å². The van der Waals surface area contributed by atoms with E-state index in [9.17, 15) is 0 Å². The smallest absolute Gasteiger partial charge is 0.218 e. The molecule has 0 spiro atoms. The number of fused-ring (bicyclic) bond motifs is 1. The van der Waals surface area contributed by atoms with Gasteiger partial charge in [-0.3, -0.25) is 0 Å². The Morgan fingerprint density at radius 3 is 3.30 bits per heavy atom. The van der Waals surface area contributed by atoms with Crippen molar-refractivity contribution in [3.8, 4) is 0 Å². The molecule has 2 aliphatic rings. The molecule has 0 unspecified atom stereocenters. The van der Waals surface area contributed by atoms with Crippen LogP contribution in [-0.4, -0.2) is 12.1 Å². The molecular weight excluding hydrogens is 132 g/mol. The zero-order valence-electron chi connectivity index (χ0n) is 5.02. The van der Waals surface area contributed by atoms with Gasteiger partial charge in [0.1, 0.15) is 12.0 Å². The van der Waals surface area contributed by atoms with Gasteiger partial charge in [-0.25, -0.2) is 4.99 Å². The number of ether oxygens (including phenoxy) is 1. The van der Waals surface area contributed by atoms with E-state index < -0.39 is 0 Å². The fourth-order valence-corrected chi connectivity index (χ4v) is 0.688. The average Bonchev–Trinajstić information content (AvgIpc) is 2.05. The third-order valence-corrected chi connectivity index (χ3v) is 1.13. The molecule has 0 atom stereocenters. The molecule has 0 N–H and O–H groups in total. The van der Waals surface area contributed by atoms with Crippen molar-refractivity contribution in [3.63, 3.8) is 0 Å². The second-order valence-electron chi connectivity index (χ2n) is 1.75. The molecule has 0 radical (unpaired) electrons. The fraction of sp³-hybridized carbons (Fsp3) is 0. The molecule has 50 valence electrons. The molecule has 2 aliphatic heterocycles. The van der Waals surface area contributed by atoms with E-state index in [4.69, 9.17) is 9.57 Å². The highest BCUT2D eigenvalue weighted by atomic mass is 16.6. The van der Waals surface area contributed by atoms with Gasteiger partial charge in [-0.05, 0) is 0 Å². The molecule has 4 heteroatoms. The standard InChI is InChI=1S/C6H4N2O2/c1-2-9-3-6-5(1)7-4-8-10-6/h1-4H. The van der Waals surface area contributed by atoms with Gasteiger partial charge < -0.3 is 9.57 Å².